The van der Waals surface area contributed by atoms with Gasteiger partial charge in [0.05, 0.1) is 12.1 Å². The standard InChI is InChI=1S/C21H27ClN4O4/c1-21(2,3)30-20(28)26-9-7-15(8-10-26)24-13-14(12-23)19(27)25-16-5-6-18(29-4)17(22)11-16/h5-6,11,13,15,24H,7-10H2,1-4H3,(H,25,27)/b14-13-. The zero-order chi connectivity index (χ0) is 22.3. The molecule has 1 fully saturated rings. The number of nitrogens with zero attached hydrogens (tertiary/aromatic N) is 2. The van der Waals surface area contributed by atoms with Gasteiger partial charge in [0.15, 0.2) is 0 Å². The van der Waals surface area contributed by atoms with Crippen molar-refractivity contribution in [3.63, 3.8) is 0 Å². The molecule has 1 aromatic carbocycles. The highest BCUT2D eigenvalue weighted by Gasteiger charge is 2.26. The lowest BCUT2D eigenvalue weighted by molar-refractivity contribution is -0.112. The summed E-state index contributed by atoms with van der Waals surface area (Å²) in [6.07, 6.45) is 2.45. The number of hydrogen-bond acceptors (Lipinski definition) is 6. The van der Waals surface area contributed by atoms with Crippen molar-refractivity contribution in [1.82, 2.24) is 10.2 Å². The number of anilines is 1. The number of methoxy groups -OCH3 is 1. The molecule has 0 saturated carbocycles. The van der Waals surface area contributed by atoms with Gasteiger partial charge in [0.1, 0.15) is 23.0 Å². The van der Waals surface area contributed by atoms with Crippen LogP contribution in [0.5, 0.6) is 5.75 Å². The molecule has 2 amide bonds. The van der Waals surface area contributed by atoms with Crippen molar-refractivity contribution in [2.24, 2.45) is 0 Å². The Morgan fingerprint density at radius 2 is 1.97 bits per heavy atom. The van der Waals surface area contributed by atoms with Crippen LogP contribution in [0.25, 0.3) is 0 Å². The molecule has 0 spiro atoms. The number of carbonyl (C=O) groups is 2. The van der Waals surface area contributed by atoms with Crippen LogP contribution < -0.4 is 15.4 Å². The van der Waals surface area contributed by atoms with Crippen molar-refractivity contribution < 1.29 is 19.1 Å². The summed E-state index contributed by atoms with van der Waals surface area (Å²) in [7, 11) is 1.50. The van der Waals surface area contributed by atoms with E-state index in [-0.39, 0.29) is 17.7 Å². The maximum atomic E-state index is 12.4. The highest BCUT2D eigenvalue weighted by Crippen LogP contribution is 2.27. The largest absolute Gasteiger partial charge is 0.495 e. The van der Waals surface area contributed by atoms with Crippen LogP contribution in [0, 0.1) is 11.3 Å². The minimum atomic E-state index is -0.544. The van der Waals surface area contributed by atoms with Gasteiger partial charge in [-0.25, -0.2) is 4.79 Å². The average molecular weight is 435 g/mol. The molecule has 1 aromatic rings. The van der Waals surface area contributed by atoms with Crippen molar-refractivity contribution in [2.75, 3.05) is 25.5 Å². The van der Waals surface area contributed by atoms with E-state index in [1.807, 2.05) is 26.8 Å². The van der Waals surface area contributed by atoms with Crippen LogP contribution in [0.2, 0.25) is 5.02 Å². The highest BCUT2D eigenvalue weighted by atomic mass is 35.5. The van der Waals surface area contributed by atoms with Gasteiger partial charge in [-0.3, -0.25) is 4.79 Å². The molecule has 1 aliphatic heterocycles. The molecule has 2 rings (SSSR count). The first kappa shape index (κ1) is 23.4. The molecule has 0 atom stereocenters. The van der Waals surface area contributed by atoms with Crippen molar-refractivity contribution >= 4 is 29.3 Å². The number of halogens is 1. The summed E-state index contributed by atoms with van der Waals surface area (Å²) in [4.78, 5) is 26.2. The molecular weight excluding hydrogens is 408 g/mol. The van der Waals surface area contributed by atoms with E-state index in [0.717, 1.165) is 0 Å². The van der Waals surface area contributed by atoms with Gasteiger partial charge in [0.25, 0.3) is 5.91 Å². The number of carbonyl (C=O) groups excluding carboxylic acids is 2. The second-order valence-electron chi connectivity index (χ2n) is 7.88. The predicted molar refractivity (Wildman–Crippen MR) is 114 cm³/mol. The Labute approximate surface area is 181 Å². The quantitative estimate of drug-likeness (QED) is 0.541. The predicted octanol–water partition coefficient (Wildman–Crippen LogP) is 3.68. The van der Waals surface area contributed by atoms with Gasteiger partial charge in [-0.15, -0.1) is 0 Å². The van der Waals surface area contributed by atoms with E-state index in [9.17, 15) is 14.9 Å². The Morgan fingerprint density at radius 3 is 2.50 bits per heavy atom. The molecular formula is C21H27ClN4O4. The molecule has 1 saturated heterocycles. The van der Waals surface area contributed by atoms with Gasteiger partial charge in [-0.1, -0.05) is 11.6 Å². The maximum Gasteiger partial charge on any atom is 0.410 e. The smallest absolute Gasteiger partial charge is 0.410 e. The Bertz CT molecular complexity index is 850. The number of ether oxygens (including phenoxy) is 2. The number of nitriles is 1. The molecule has 30 heavy (non-hydrogen) atoms. The minimum absolute atomic E-state index is 0.0512. The number of rotatable bonds is 5. The molecule has 0 radical (unpaired) electrons. The second kappa shape index (κ2) is 10.2. The van der Waals surface area contributed by atoms with E-state index in [1.54, 1.807) is 23.1 Å². The molecule has 1 aliphatic rings. The Hall–Kier alpha value is -2.92. The van der Waals surface area contributed by atoms with Crippen LogP contribution in [0.4, 0.5) is 10.5 Å². The first-order chi connectivity index (χ1) is 14.1. The molecule has 2 N–H and O–H groups in total. The summed E-state index contributed by atoms with van der Waals surface area (Å²) in [5.74, 6) is -0.0532. The summed E-state index contributed by atoms with van der Waals surface area (Å²) in [6, 6.07) is 6.76. The summed E-state index contributed by atoms with van der Waals surface area (Å²) in [5, 5.41) is 15.4. The third-order valence-corrected chi connectivity index (χ3v) is 4.68. The van der Waals surface area contributed by atoms with Gasteiger partial charge in [-0.05, 0) is 51.8 Å². The van der Waals surface area contributed by atoms with Crippen LogP contribution in [-0.4, -0.2) is 48.7 Å². The van der Waals surface area contributed by atoms with Crippen LogP contribution in [0.1, 0.15) is 33.6 Å². The van der Waals surface area contributed by atoms with Crippen LogP contribution in [0.15, 0.2) is 30.0 Å². The fourth-order valence-corrected chi connectivity index (χ4v) is 3.11. The monoisotopic (exact) mass is 434 g/mol. The van der Waals surface area contributed by atoms with Gasteiger partial charge in [-0.2, -0.15) is 5.26 Å². The van der Waals surface area contributed by atoms with Crippen molar-refractivity contribution in [3.8, 4) is 11.8 Å². The van der Waals surface area contributed by atoms with E-state index in [0.29, 0.717) is 42.4 Å². The first-order valence-electron chi connectivity index (χ1n) is 9.62. The number of likely N-dealkylation sites (tertiary alicyclic amines) is 1. The molecule has 1 heterocycles. The van der Waals surface area contributed by atoms with Gasteiger partial charge >= 0.3 is 6.09 Å². The highest BCUT2D eigenvalue weighted by molar-refractivity contribution is 6.32. The fraction of sp³-hybridized carbons (Fsp3) is 0.476. The lowest BCUT2D eigenvalue weighted by atomic mass is 10.1. The third kappa shape index (κ3) is 6.85. The third-order valence-electron chi connectivity index (χ3n) is 4.38. The van der Waals surface area contributed by atoms with E-state index in [1.165, 1.54) is 13.3 Å². The van der Waals surface area contributed by atoms with E-state index >= 15 is 0 Å². The van der Waals surface area contributed by atoms with Gasteiger partial charge in [0.2, 0.25) is 0 Å². The Morgan fingerprint density at radius 1 is 1.30 bits per heavy atom. The molecule has 162 valence electrons. The SMILES string of the molecule is COc1ccc(NC(=O)/C(C#N)=C\NC2CCN(C(=O)OC(C)(C)C)CC2)cc1Cl. The maximum absolute atomic E-state index is 12.4. The normalized spacial score (nSPS) is 15.2. The lowest BCUT2D eigenvalue weighted by Gasteiger charge is -2.33. The molecule has 9 heteroatoms. The van der Waals surface area contributed by atoms with E-state index in [2.05, 4.69) is 10.6 Å². The average Bonchev–Trinajstić information content (AvgIpc) is 2.67. The van der Waals surface area contributed by atoms with Gasteiger partial charge < -0.3 is 25.0 Å². The zero-order valence-electron chi connectivity index (χ0n) is 17.6. The molecule has 0 unspecified atom stereocenters. The van der Waals surface area contributed by atoms with Gasteiger partial charge in [0, 0.05) is 31.0 Å². The number of hydrogen-bond donors (Lipinski definition) is 2. The topological polar surface area (TPSA) is 104 Å². The number of amides is 2. The van der Waals surface area contributed by atoms with E-state index < -0.39 is 11.5 Å². The Kier molecular flexibility index (Phi) is 7.95. The first-order valence-corrected chi connectivity index (χ1v) is 10.00. The van der Waals surface area contributed by atoms with Crippen molar-refractivity contribution in [1.29, 1.82) is 5.26 Å². The molecule has 0 bridgehead atoms. The summed E-state index contributed by atoms with van der Waals surface area (Å²) in [5.41, 5.74) is -0.132. The lowest BCUT2D eigenvalue weighted by Crippen LogP contribution is -2.45. The van der Waals surface area contributed by atoms with E-state index in [4.69, 9.17) is 21.1 Å². The Balaban J connectivity index is 1.88. The zero-order valence-corrected chi connectivity index (χ0v) is 18.4. The second-order valence-corrected chi connectivity index (χ2v) is 8.29. The fourth-order valence-electron chi connectivity index (χ4n) is 2.85. The summed E-state index contributed by atoms with van der Waals surface area (Å²) < 4.78 is 10.5. The summed E-state index contributed by atoms with van der Waals surface area (Å²) >= 11 is 6.05. The van der Waals surface area contributed by atoms with Crippen molar-refractivity contribution in [3.05, 3.63) is 35.0 Å². The molecule has 0 aromatic heterocycles. The minimum Gasteiger partial charge on any atom is -0.495 e. The van der Waals surface area contributed by atoms with Crippen molar-refractivity contribution in [2.45, 2.75) is 45.3 Å². The molecule has 0 aliphatic carbocycles. The van der Waals surface area contributed by atoms with Crippen LogP contribution >= 0.6 is 11.6 Å². The number of benzene rings is 1. The number of nitrogens with one attached hydrogen (secondary N) is 2. The van der Waals surface area contributed by atoms with Crippen LogP contribution in [-0.2, 0) is 9.53 Å². The van der Waals surface area contributed by atoms with Crippen LogP contribution in [0.3, 0.4) is 0 Å². The number of piperidine rings is 1. The molecule has 8 nitrogen and oxygen atoms in total. The summed E-state index contributed by atoms with van der Waals surface area (Å²) in [6.45, 7) is 6.58.